The van der Waals surface area contributed by atoms with E-state index in [9.17, 15) is 9.59 Å². The molecule has 0 unspecified atom stereocenters. The van der Waals surface area contributed by atoms with Crippen molar-refractivity contribution in [1.82, 2.24) is 5.32 Å². The first kappa shape index (κ1) is 17.5. The monoisotopic (exact) mass is 327 g/mol. The molecule has 0 bridgehead atoms. The quantitative estimate of drug-likeness (QED) is 0.753. The third-order valence-corrected chi connectivity index (χ3v) is 3.26. The van der Waals surface area contributed by atoms with Gasteiger partial charge in [0.15, 0.2) is 5.78 Å². The first-order valence-electron chi connectivity index (χ1n) is 7.90. The van der Waals surface area contributed by atoms with Crippen LogP contribution in [0.3, 0.4) is 0 Å². The van der Waals surface area contributed by atoms with Crippen LogP contribution in [0.15, 0.2) is 54.6 Å². The van der Waals surface area contributed by atoms with Crippen LogP contribution >= 0.6 is 0 Å². The van der Waals surface area contributed by atoms with Crippen LogP contribution in [0.2, 0.25) is 0 Å². The lowest BCUT2D eigenvalue weighted by atomic mass is 10.1. The lowest BCUT2D eigenvalue weighted by Gasteiger charge is -2.10. The summed E-state index contributed by atoms with van der Waals surface area (Å²) in [5.74, 6) is 0.308. The van der Waals surface area contributed by atoms with Gasteiger partial charge in [-0.2, -0.15) is 0 Å². The van der Waals surface area contributed by atoms with E-state index >= 15 is 0 Å². The van der Waals surface area contributed by atoms with Gasteiger partial charge in [-0.1, -0.05) is 49.4 Å². The summed E-state index contributed by atoms with van der Waals surface area (Å²) in [4.78, 5) is 23.9. The molecule has 0 heterocycles. The summed E-state index contributed by atoms with van der Waals surface area (Å²) in [6.07, 6.45) is 0.228. The molecule has 5 heteroatoms. The number of hydrogen-bond donors (Lipinski definition) is 1. The highest BCUT2D eigenvalue weighted by atomic mass is 16.5. The third kappa shape index (κ3) is 5.43. The number of Topliss-reactive ketones (excluding diaryl/α,β-unsaturated/α-hetero) is 1. The number of hydrogen-bond acceptors (Lipinski definition) is 4. The summed E-state index contributed by atoms with van der Waals surface area (Å²) in [6.45, 7) is 2.56. The maximum absolute atomic E-state index is 12.3. The van der Waals surface area contributed by atoms with Crippen LogP contribution in [0.4, 0.5) is 4.79 Å². The zero-order chi connectivity index (χ0) is 17.2. The van der Waals surface area contributed by atoms with E-state index in [1.54, 1.807) is 18.2 Å². The van der Waals surface area contributed by atoms with Crippen molar-refractivity contribution in [2.24, 2.45) is 0 Å². The van der Waals surface area contributed by atoms with E-state index in [1.165, 1.54) is 0 Å². The highest BCUT2D eigenvalue weighted by molar-refractivity contribution is 6.01. The van der Waals surface area contributed by atoms with Gasteiger partial charge in [0.2, 0.25) is 0 Å². The van der Waals surface area contributed by atoms with E-state index in [2.05, 4.69) is 5.32 Å². The molecular formula is C19H21NO4. The Labute approximate surface area is 141 Å². The van der Waals surface area contributed by atoms with Gasteiger partial charge in [0.1, 0.15) is 12.4 Å². The maximum Gasteiger partial charge on any atom is 0.407 e. The van der Waals surface area contributed by atoms with Crippen LogP contribution in [-0.4, -0.2) is 25.0 Å². The molecule has 0 spiro atoms. The highest BCUT2D eigenvalue weighted by Gasteiger charge is 2.13. The van der Waals surface area contributed by atoms with Gasteiger partial charge >= 0.3 is 6.09 Å². The number of para-hydroxylation sites is 1. The topological polar surface area (TPSA) is 64.6 Å². The Kier molecular flexibility index (Phi) is 6.83. The Balaban J connectivity index is 1.83. The standard InChI is InChI=1S/C19H21NO4/c1-2-12-23-18-11-7-6-10-16(18)17(21)13-20-19(22)24-14-15-8-4-3-5-9-15/h3-11H,2,12-14H2,1H3,(H,20,22). The van der Waals surface area contributed by atoms with E-state index in [4.69, 9.17) is 9.47 Å². The molecule has 0 fully saturated rings. The minimum Gasteiger partial charge on any atom is -0.493 e. The number of amides is 1. The Hall–Kier alpha value is -2.82. The molecule has 0 aliphatic rings. The van der Waals surface area contributed by atoms with E-state index in [-0.39, 0.29) is 18.9 Å². The molecular weight excluding hydrogens is 306 g/mol. The molecule has 126 valence electrons. The zero-order valence-corrected chi connectivity index (χ0v) is 13.7. The van der Waals surface area contributed by atoms with E-state index in [1.807, 2.05) is 43.3 Å². The molecule has 2 aromatic rings. The van der Waals surface area contributed by atoms with Gasteiger partial charge in [-0.25, -0.2) is 4.79 Å². The van der Waals surface area contributed by atoms with Crippen molar-refractivity contribution in [3.05, 3.63) is 65.7 Å². The summed E-state index contributed by atoms with van der Waals surface area (Å²) >= 11 is 0. The summed E-state index contributed by atoms with van der Waals surface area (Å²) in [6, 6.07) is 16.4. The van der Waals surface area contributed by atoms with Gasteiger partial charge in [0.05, 0.1) is 18.7 Å². The van der Waals surface area contributed by atoms with Crippen LogP contribution in [-0.2, 0) is 11.3 Å². The lowest BCUT2D eigenvalue weighted by molar-refractivity contribution is 0.0970. The van der Waals surface area contributed by atoms with Gasteiger partial charge in [-0.15, -0.1) is 0 Å². The number of nitrogens with one attached hydrogen (secondary N) is 1. The van der Waals surface area contributed by atoms with Crippen molar-refractivity contribution in [2.75, 3.05) is 13.2 Å². The van der Waals surface area contributed by atoms with E-state index in [0.29, 0.717) is 17.9 Å². The van der Waals surface area contributed by atoms with Crippen LogP contribution in [0, 0.1) is 0 Å². The molecule has 1 N–H and O–H groups in total. The van der Waals surface area contributed by atoms with Crippen LogP contribution in [0.5, 0.6) is 5.75 Å². The predicted molar refractivity (Wildman–Crippen MR) is 91.2 cm³/mol. The molecule has 0 saturated carbocycles. The first-order valence-corrected chi connectivity index (χ1v) is 7.90. The fourth-order valence-corrected chi connectivity index (χ4v) is 2.06. The second-order valence-electron chi connectivity index (χ2n) is 5.18. The maximum atomic E-state index is 12.3. The zero-order valence-electron chi connectivity index (χ0n) is 13.7. The molecule has 5 nitrogen and oxygen atoms in total. The van der Waals surface area contributed by atoms with E-state index in [0.717, 1.165) is 12.0 Å². The van der Waals surface area contributed by atoms with E-state index < -0.39 is 6.09 Å². The molecule has 0 aromatic heterocycles. The van der Waals surface area contributed by atoms with Gasteiger partial charge in [0, 0.05) is 0 Å². The first-order chi connectivity index (χ1) is 11.7. The second kappa shape index (κ2) is 9.35. The predicted octanol–water partition coefficient (Wildman–Crippen LogP) is 3.58. The van der Waals surface area contributed by atoms with Gasteiger partial charge in [0.25, 0.3) is 0 Å². The SMILES string of the molecule is CCCOc1ccccc1C(=O)CNC(=O)OCc1ccccc1. The van der Waals surface area contributed by atoms with Crippen molar-refractivity contribution >= 4 is 11.9 Å². The lowest BCUT2D eigenvalue weighted by Crippen LogP contribution is -2.30. The van der Waals surface area contributed by atoms with Crippen molar-refractivity contribution in [3.8, 4) is 5.75 Å². The smallest absolute Gasteiger partial charge is 0.407 e. The fourth-order valence-electron chi connectivity index (χ4n) is 2.06. The molecule has 2 aromatic carbocycles. The normalized spacial score (nSPS) is 10.0. The number of ketones is 1. The van der Waals surface area contributed by atoms with Crippen molar-refractivity contribution in [1.29, 1.82) is 0 Å². The Morgan fingerprint density at radius 1 is 1.00 bits per heavy atom. The highest BCUT2D eigenvalue weighted by Crippen LogP contribution is 2.18. The molecule has 0 saturated heterocycles. The van der Waals surface area contributed by atoms with Gasteiger partial charge < -0.3 is 14.8 Å². The number of alkyl carbamates (subject to hydrolysis) is 1. The number of ether oxygens (including phenoxy) is 2. The molecule has 0 aliphatic heterocycles. The van der Waals surface area contributed by atoms with Crippen molar-refractivity contribution in [3.63, 3.8) is 0 Å². The van der Waals surface area contributed by atoms with Crippen LogP contribution in [0.25, 0.3) is 0 Å². The average molecular weight is 327 g/mol. The number of carbonyl (C=O) groups is 2. The minimum atomic E-state index is -0.626. The summed E-state index contributed by atoms with van der Waals surface area (Å²) in [5, 5.41) is 2.47. The van der Waals surface area contributed by atoms with Crippen molar-refractivity contribution < 1.29 is 19.1 Å². The van der Waals surface area contributed by atoms with Crippen LogP contribution in [0.1, 0.15) is 29.3 Å². The molecule has 0 aliphatic carbocycles. The Bertz CT molecular complexity index is 670. The minimum absolute atomic E-state index is 0.139. The fraction of sp³-hybridized carbons (Fsp3) is 0.263. The molecule has 0 radical (unpaired) electrons. The third-order valence-electron chi connectivity index (χ3n) is 3.26. The van der Waals surface area contributed by atoms with Gasteiger partial charge in [-0.05, 0) is 24.1 Å². The Morgan fingerprint density at radius 3 is 2.46 bits per heavy atom. The summed E-state index contributed by atoms with van der Waals surface area (Å²) < 4.78 is 10.6. The molecule has 1 amide bonds. The summed E-state index contributed by atoms with van der Waals surface area (Å²) in [7, 11) is 0. The van der Waals surface area contributed by atoms with Crippen molar-refractivity contribution in [2.45, 2.75) is 20.0 Å². The van der Waals surface area contributed by atoms with Crippen LogP contribution < -0.4 is 10.1 Å². The second-order valence-corrected chi connectivity index (χ2v) is 5.18. The molecule has 2 rings (SSSR count). The summed E-state index contributed by atoms with van der Waals surface area (Å²) in [5.41, 5.74) is 1.34. The number of rotatable bonds is 8. The molecule has 0 atom stereocenters. The number of carbonyl (C=O) groups excluding carboxylic acids is 2. The van der Waals surface area contributed by atoms with Gasteiger partial charge in [-0.3, -0.25) is 4.79 Å². The Morgan fingerprint density at radius 2 is 1.71 bits per heavy atom. The molecule has 24 heavy (non-hydrogen) atoms. The number of benzene rings is 2. The largest absolute Gasteiger partial charge is 0.493 e. The average Bonchev–Trinajstić information content (AvgIpc) is 2.63.